The van der Waals surface area contributed by atoms with Gasteiger partial charge in [0.1, 0.15) is 16.9 Å². The van der Waals surface area contributed by atoms with E-state index in [0.29, 0.717) is 64.6 Å². The summed E-state index contributed by atoms with van der Waals surface area (Å²) in [6.45, 7) is 2.69. The van der Waals surface area contributed by atoms with Crippen LogP contribution in [0.15, 0.2) is 116 Å². The molecule has 11 nitrogen and oxygen atoms in total. The average Bonchev–Trinajstić information content (AvgIpc) is 3.98. The number of aromatic nitrogens is 7. The standard InChI is InChI=1S/C51H42F7N11/c52-30-4-1-3-27(17-30)28-6-8-35-39(22-62-43(35)18-28)47-42(51(56,57)58)25-65-49(69-47)67-45-26-61-16-13-37(45)33-11-10-32(34-12-15-60-21-38(33)34)29-7-9-36-40(23-63-44(36)19-29)46-41(50(53,54)55)24-64-48(68-46)66-31-5-2-14-59-20-31/h1,3-4,6-12,15,17-19,21-25,31,37,45,59,61-63H,2,5,13-14,16,20,26H2,(H,64,66,68)(H,65,67,69)/t31-,37?,45+/m0/s1. The monoisotopic (exact) mass is 941 g/mol. The van der Waals surface area contributed by atoms with E-state index >= 15 is 0 Å². The minimum atomic E-state index is -4.75. The zero-order chi connectivity index (χ0) is 47.4. The van der Waals surface area contributed by atoms with Crippen molar-refractivity contribution < 1.29 is 30.7 Å². The molecular formula is C51H42F7N11. The fourth-order valence-electron chi connectivity index (χ4n) is 9.88. The van der Waals surface area contributed by atoms with E-state index in [-0.39, 0.29) is 46.8 Å². The molecule has 18 heteroatoms. The number of nitrogens with zero attached hydrogens (tertiary/aromatic N) is 5. The van der Waals surface area contributed by atoms with Crippen LogP contribution < -0.4 is 21.3 Å². The molecule has 9 aromatic rings. The predicted molar refractivity (Wildman–Crippen MR) is 252 cm³/mol. The van der Waals surface area contributed by atoms with Gasteiger partial charge in [-0.05, 0) is 95.9 Å². The van der Waals surface area contributed by atoms with E-state index in [0.717, 1.165) is 59.2 Å². The molecule has 0 amide bonds. The van der Waals surface area contributed by atoms with Gasteiger partial charge in [-0.15, -0.1) is 0 Å². The van der Waals surface area contributed by atoms with Gasteiger partial charge < -0.3 is 31.2 Å². The quantitative estimate of drug-likeness (QED) is 0.0779. The molecule has 69 heavy (non-hydrogen) atoms. The number of hydrogen-bond donors (Lipinski definition) is 6. The summed E-state index contributed by atoms with van der Waals surface area (Å²) < 4.78 is 101. The number of nitrogens with one attached hydrogen (secondary N) is 6. The van der Waals surface area contributed by atoms with Crippen LogP contribution in [-0.4, -0.2) is 73.2 Å². The summed E-state index contributed by atoms with van der Waals surface area (Å²) in [5.41, 5.74) is 3.26. The van der Waals surface area contributed by atoms with Gasteiger partial charge in [-0.2, -0.15) is 26.3 Å². The fourth-order valence-corrected chi connectivity index (χ4v) is 9.88. The highest BCUT2D eigenvalue weighted by Crippen LogP contribution is 2.43. The van der Waals surface area contributed by atoms with Crippen molar-refractivity contribution in [3.8, 4) is 44.8 Å². The number of benzene rings is 4. The second-order valence-electron chi connectivity index (χ2n) is 17.5. The van der Waals surface area contributed by atoms with Crippen LogP contribution in [0.5, 0.6) is 0 Å². The van der Waals surface area contributed by atoms with Crippen LogP contribution in [0.3, 0.4) is 0 Å². The van der Waals surface area contributed by atoms with Crippen molar-refractivity contribution >= 4 is 44.5 Å². The summed E-state index contributed by atoms with van der Waals surface area (Å²) in [6.07, 6.45) is 1.19. The summed E-state index contributed by atoms with van der Waals surface area (Å²) in [7, 11) is 0. The average molecular weight is 942 g/mol. The number of aromatic amines is 2. The Morgan fingerprint density at radius 2 is 1.23 bits per heavy atom. The molecule has 1 unspecified atom stereocenters. The maximum absolute atomic E-state index is 14.6. The molecule has 3 atom stereocenters. The van der Waals surface area contributed by atoms with Crippen LogP contribution in [0.2, 0.25) is 0 Å². The molecular weight excluding hydrogens is 900 g/mol. The molecule has 0 radical (unpaired) electrons. The second kappa shape index (κ2) is 17.6. The van der Waals surface area contributed by atoms with Crippen LogP contribution in [-0.2, 0) is 12.4 Å². The zero-order valence-corrected chi connectivity index (χ0v) is 36.5. The maximum Gasteiger partial charge on any atom is 0.419 e. The van der Waals surface area contributed by atoms with Crippen molar-refractivity contribution in [3.05, 3.63) is 139 Å². The third-order valence-electron chi connectivity index (χ3n) is 13.2. The summed E-state index contributed by atoms with van der Waals surface area (Å²) in [4.78, 5) is 27.9. The molecule has 5 aromatic heterocycles. The summed E-state index contributed by atoms with van der Waals surface area (Å²) in [5, 5.41) is 16.1. The lowest BCUT2D eigenvalue weighted by atomic mass is 9.82. The van der Waals surface area contributed by atoms with Crippen LogP contribution in [0.1, 0.15) is 41.9 Å². The smallest absolute Gasteiger partial charge is 0.360 e. The Kier molecular flexibility index (Phi) is 11.2. The first-order chi connectivity index (χ1) is 33.4. The van der Waals surface area contributed by atoms with Crippen molar-refractivity contribution in [1.29, 1.82) is 0 Å². The Bertz CT molecular complexity index is 3380. The fraction of sp³-hybridized carbons (Fsp3) is 0.235. The first-order valence-electron chi connectivity index (χ1n) is 22.5. The number of anilines is 2. The minimum Gasteiger partial charge on any atom is -0.360 e. The first kappa shape index (κ1) is 44.1. The van der Waals surface area contributed by atoms with Crippen LogP contribution in [0.25, 0.3) is 77.3 Å². The van der Waals surface area contributed by atoms with E-state index in [1.807, 2.05) is 30.3 Å². The van der Waals surface area contributed by atoms with Crippen molar-refractivity contribution in [1.82, 2.24) is 45.5 Å². The largest absolute Gasteiger partial charge is 0.419 e. The van der Waals surface area contributed by atoms with Gasteiger partial charge in [0.25, 0.3) is 0 Å². The zero-order valence-electron chi connectivity index (χ0n) is 36.5. The maximum atomic E-state index is 14.6. The molecule has 2 aliphatic rings. The van der Waals surface area contributed by atoms with Crippen molar-refractivity contribution in [2.75, 3.05) is 36.8 Å². The highest BCUT2D eigenvalue weighted by Gasteiger charge is 2.38. The number of alkyl halides is 6. The molecule has 7 heterocycles. The van der Waals surface area contributed by atoms with Crippen LogP contribution in [0, 0.1) is 5.82 Å². The topological polar surface area (TPSA) is 144 Å². The van der Waals surface area contributed by atoms with Crippen molar-refractivity contribution in [3.63, 3.8) is 0 Å². The van der Waals surface area contributed by atoms with E-state index in [1.165, 1.54) is 18.3 Å². The molecule has 0 bridgehead atoms. The van der Waals surface area contributed by atoms with Gasteiger partial charge in [-0.1, -0.05) is 48.5 Å². The third kappa shape index (κ3) is 8.58. The molecule has 2 fully saturated rings. The van der Waals surface area contributed by atoms with Gasteiger partial charge in [-0.3, -0.25) is 4.98 Å². The molecule has 0 aliphatic carbocycles. The lowest BCUT2D eigenvalue weighted by Gasteiger charge is -2.34. The molecule has 0 saturated carbocycles. The number of halogens is 7. The number of fused-ring (bicyclic) bond motifs is 3. The first-order valence-corrected chi connectivity index (χ1v) is 22.5. The molecule has 0 spiro atoms. The van der Waals surface area contributed by atoms with Gasteiger partial charge in [0.2, 0.25) is 11.9 Å². The van der Waals surface area contributed by atoms with Gasteiger partial charge in [0, 0.05) is 107 Å². The Hall–Kier alpha value is -7.44. The SMILES string of the molecule is Fc1cccc(-c2ccc3c(-c4nc(N[C@@H]5CNCCC5c5ccc(-c6ccc7c(-c8nc(N[C@H]9CCCNC9)ncc8C(F)(F)F)c[nH]c7c6)c6ccncc56)ncc4C(F)(F)F)c[nH]c3c2)c1. The number of piperidine rings is 2. The Morgan fingerprint density at radius 1 is 0.580 bits per heavy atom. The van der Waals surface area contributed by atoms with Gasteiger partial charge in [0.15, 0.2) is 0 Å². The van der Waals surface area contributed by atoms with Gasteiger partial charge in [0.05, 0.1) is 11.4 Å². The Morgan fingerprint density at radius 3 is 1.90 bits per heavy atom. The molecule has 350 valence electrons. The number of H-pyrrole nitrogens is 2. The highest BCUT2D eigenvalue weighted by atomic mass is 19.4. The van der Waals surface area contributed by atoms with E-state index < -0.39 is 29.3 Å². The Labute approximate surface area is 389 Å². The summed E-state index contributed by atoms with van der Waals surface area (Å²) in [6, 6.07) is 22.5. The van der Waals surface area contributed by atoms with Crippen molar-refractivity contribution in [2.24, 2.45) is 0 Å². The van der Waals surface area contributed by atoms with Crippen LogP contribution in [0.4, 0.5) is 42.6 Å². The lowest BCUT2D eigenvalue weighted by molar-refractivity contribution is -0.138. The summed E-state index contributed by atoms with van der Waals surface area (Å²) >= 11 is 0. The highest BCUT2D eigenvalue weighted by molar-refractivity contribution is 6.03. The normalized spacial score (nSPS) is 18.0. The number of rotatable bonds is 9. The van der Waals surface area contributed by atoms with E-state index in [9.17, 15) is 30.7 Å². The number of pyridine rings is 1. The third-order valence-corrected chi connectivity index (χ3v) is 13.2. The summed E-state index contributed by atoms with van der Waals surface area (Å²) in [5.74, 6) is -0.391. The molecule has 2 aliphatic heterocycles. The second-order valence-corrected chi connectivity index (χ2v) is 17.5. The van der Waals surface area contributed by atoms with Crippen molar-refractivity contribution in [2.45, 2.75) is 49.6 Å². The number of hydrogen-bond acceptors (Lipinski definition) is 9. The van der Waals surface area contributed by atoms with E-state index in [1.54, 1.807) is 55.0 Å². The predicted octanol–water partition coefficient (Wildman–Crippen LogP) is 11.3. The van der Waals surface area contributed by atoms with Crippen LogP contribution >= 0.6 is 0 Å². The molecule has 6 N–H and O–H groups in total. The molecule has 4 aromatic carbocycles. The van der Waals surface area contributed by atoms with Gasteiger partial charge >= 0.3 is 12.4 Å². The van der Waals surface area contributed by atoms with E-state index in [2.05, 4.69) is 56.2 Å². The Balaban J connectivity index is 0.903. The van der Waals surface area contributed by atoms with Gasteiger partial charge in [-0.25, -0.2) is 24.3 Å². The molecule has 11 rings (SSSR count). The van der Waals surface area contributed by atoms with E-state index in [4.69, 9.17) is 0 Å². The lowest BCUT2D eigenvalue weighted by Crippen LogP contribution is -2.44. The molecule has 2 saturated heterocycles. The minimum absolute atomic E-state index is 0.00713.